The lowest BCUT2D eigenvalue weighted by Gasteiger charge is -2.33. The van der Waals surface area contributed by atoms with E-state index < -0.39 is 21.6 Å². The van der Waals surface area contributed by atoms with Gasteiger partial charge in [-0.1, -0.05) is 54.4 Å². The number of halogens is 2. The molecule has 0 aliphatic heterocycles. The van der Waals surface area contributed by atoms with Gasteiger partial charge in [-0.05, 0) is 69.9 Å². The van der Waals surface area contributed by atoms with Gasteiger partial charge in [0.2, 0.25) is 21.8 Å². The van der Waals surface area contributed by atoms with Crippen molar-refractivity contribution in [2.24, 2.45) is 0 Å². The van der Waals surface area contributed by atoms with Gasteiger partial charge in [-0.15, -0.1) is 0 Å². The van der Waals surface area contributed by atoms with E-state index in [0.29, 0.717) is 27.7 Å². The van der Waals surface area contributed by atoms with E-state index in [4.69, 9.17) is 23.2 Å². The lowest BCUT2D eigenvalue weighted by Crippen LogP contribution is -2.53. The summed E-state index contributed by atoms with van der Waals surface area (Å²) in [6, 6.07) is 11.5. The van der Waals surface area contributed by atoms with Crippen LogP contribution in [0, 0.1) is 6.92 Å². The molecule has 2 aromatic carbocycles. The molecule has 7 nitrogen and oxygen atoms in total. The molecule has 2 rings (SSSR count). The van der Waals surface area contributed by atoms with Crippen LogP contribution in [-0.4, -0.2) is 49.5 Å². The van der Waals surface area contributed by atoms with Gasteiger partial charge < -0.3 is 10.2 Å². The number of benzene rings is 2. The number of carbonyl (C=O) groups excluding carboxylic acids is 2. The maximum atomic E-state index is 13.5. The Morgan fingerprint density at radius 1 is 1.08 bits per heavy atom. The zero-order valence-corrected chi connectivity index (χ0v) is 24.7. The van der Waals surface area contributed by atoms with Crippen molar-refractivity contribution < 1.29 is 18.0 Å². The monoisotopic (exact) mass is 569 g/mol. The molecule has 0 spiro atoms. The molecule has 0 bridgehead atoms. The van der Waals surface area contributed by atoms with Gasteiger partial charge in [-0.2, -0.15) is 0 Å². The summed E-state index contributed by atoms with van der Waals surface area (Å²) in [5.41, 5.74) is 1.60. The van der Waals surface area contributed by atoms with E-state index in [9.17, 15) is 18.0 Å². The second-order valence-corrected chi connectivity index (χ2v) is 12.9. The number of sulfonamides is 1. The molecule has 1 atom stereocenters. The van der Waals surface area contributed by atoms with Crippen molar-refractivity contribution in [1.29, 1.82) is 0 Å². The maximum absolute atomic E-state index is 13.5. The minimum atomic E-state index is -3.56. The first-order valence-electron chi connectivity index (χ1n) is 12.2. The van der Waals surface area contributed by atoms with Crippen LogP contribution < -0.4 is 9.62 Å². The van der Waals surface area contributed by atoms with E-state index >= 15 is 0 Å². The van der Waals surface area contributed by atoms with E-state index in [1.165, 1.54) is 9.21 Å². The normalized spacial score (nSPS) is 12.6. The minimum absolute atomic E-state index is 0.0579. The molecule has 1 unspecified atom stereocenters. The Bertz CT molecular complexity index is 1210. The fourth-order valence-electron chi connectivity index (χ4n) is 4.03. The van der Waals surface area contributed by atoms with E-state index in [1.54, 1.807) is 30.3 Å². The second-order valence-electron chi connectivity index (χ2n) is 10.1. The van der Waals surface area contributed by atoms with Crippen molar-refractivity contribution in [3.63, 3.8) is 0 Å². The fraction of sp³-hybridized carbons (Fsp3) is 0.481. The summed E-state index contributed by atoms with van der Waals surface area (Å²) >= 11 is 12.4. The Hall–Kier alpha value is -2.29. The van der Waals surface area contributed by atoms with Crippen LogP contribution in [-0.2, 0) is 26.2 Å². The van der Waals surface area contributed by atoms with Gasteiger partial charge in [0, 0.05) is 35.1 Å². The molecule has 1 N–H and O–H groups in total. The molecule has 0 aromatic heterocycles. The third-order valence-electron chi connectivity index (χ3n) is 5.78. The molecule has 10 heteroatoms. The van der Waals surface area contributed by atoms with E-state index in [1.807, 2.05) is 46.8 Å². The number of para-hydroxylation sites is 1. The third kappa shape index (κ3) is 9.20. The molecule has 0 saturated carbocycles. The molecule has 0 aliphatic rings. The Labute approximate surface area is 231 Å². The van der Waals surface area contributed by atoms with Crippen LogP contribution in [0.5, 0.6) is 0 Å². The second kappa shape index (κ2) is 13.0. The first-order chi connectivity index (χ1) is 17.1. The summed E-state index contributed by atoms with van der Waals surface area (Å²) in [7, 11) is -3.56. The Morgan fingerprint density at radius 2 is 1.73 bits per heavy atom. The predicted octanol–water partition coefficient (Wildman–Crippen LogP) is 5.57. The van der Waals surface area contributed by atoms with Gasteiger partial charge in [0.15, 0.2) is 0 Å². The van der Waals surface area contributed by atoms with E-state index in [0.717, 1.165) is 11.8 Å². The summed E-state index contributed by atoms with van der Waals surface area (Å²) in [6.45, 7) is 9.59. The van der Waals surface area contributed by atoms with Gasteiger partial charge in [0.25, 0.3) is 0 Å². The number of hydrogen-bond acceptors (Lipinski definition) is 4. The van der Waals surface area contributed by atoms with Crippen LogP contribution in [0.3, 0.4) is 0 Å². The largest absolute Gasteiger partial charge is 0.350 e. The van der Waals surface area contributed by atoms with Crippen LogP contribution in [0.4, 0.5) is 5.69 Å². The summed E-state index contributed by atoms with van der Waals surface area (Å²) in [5, 5.41) is 3.84. The molecule has 0 radical (unpaired) electrons. The smallest absolute Gasteiger partial charge is 0.243 e. The van der Waals surface area contributed by atoms with Crippen molar-refractivity contribution >= 4 is 50.7 Å². The highest BCUT2D eigenvalue weighted by Gasteiger charge is 2.31. The van der Waals surface area contributed by atoms with Gasteiger partial charge in [0.05, 0.1) is 11.9 Å². The fourth-order valence-corrected chi connectivity index (χ4v) is 5.52. The Balaban J connectivity index is 2.29. The van der Waals surface area contributed by atoms with Gasteiger partial charge in [-0.25, -0.2) is 8.42 Å². The average molecular weight is 571 g/mol. The molecule has 0 fully saturated rings. The number of aryl methyl sites for hydroxylation is 1. The molecular formula is C27H37Cl2N3O4S. The van der Waals surface area contributed by atoms with Gasteiger partial charge in [-0.3, -0.25) is 13.9 Å². The number of amides is 2. The average Bonchev–Trinajstić information content (AvgIpc) is 2.76. The predicted molar refractivity (Wildman–Crippen MR) is 152 cm³/mol. The molecule has 204 valence electrons. The summed E-state index contributed by atoms with van der Waals surface area (Å²) in [6.07, 6.45) is 1.89. The standard InChI is InChI=1S/C27H37Cl2N3O4S/c1-7-23(26(34)30-27(3,4)5)31(18-20-14-15-21(28)17-22(20)29)25(33)13-10-16-32(37(6,35)36)24-12-9-8-11-19(24)2/h8-9,11-12,14-15,17,23H,7,10,13,16,18H2,1-6H3,(H,30,34). The van der Waals surface area contributed by atoms with Crippen molar-refractivity contribution in [2.75, 3.05) is 17.1 Å². The van der Waals surface area contributed by atoms with Crippen LogP contribution in [0.2, 0.25) is 10.0 Å². The highest BCUT2D eigenvalue weighted by Crippen LogP contribution is 2.25. The maximum Gasteiger partial charge on any atom is 0.243 e. The van der Waals surface area contributed by atoms with Crippen molar-refractivity contribution in [3.05, 3.63) is 63.6 Å². The molecule has 0 aliphatic carbocycles. The van der Waals surface area contributed by atoms with Crippen molar-refractivity contribution in [3.8, 4) is 0 Å². The topological polar surface area (TPSA) is 86.8 Å². The number of anilines is 1. The zero-order valence-electron chi connectivity index (χ0n) is 22.3. The first-order valence-corrected chi connectivity index (χ1v) is 14.8. The Morgan fingerprint density at radius 3 is 2.27 bits per heavy atom. The number of rotatable bonds is 11. The molecule has 2 amide bonds. The molecule has 0 saturated heterocycles. The van der Waals surface area contributed by atoms with Crippen LogP contribution in [0.25, 0.3) is 0 Å². The molecule has 0 heterocycles. The van der Waals surface area contributed by atoms with Gasteiger partial charge in [0.1, 0.15) is 6.04 Å². The molecular weight excluding hydrogens is 533 g/mol. The number of carbonyl (C=O) groups is 2. The third-order valence-corrected chi connectivity index (χ3v) is 7.54. The van der Waals surface area contributed by atoms with Crippen LogP contribution in [0.15, 0.2) is 42.5 Å². The zero-order chi connectivity index (χ0) is 28.0. The highest BCUT2D eigenvalue weighted by molar-refractivity contribution is 7.92. The van der Waals surface area contributed by atoms with E-state index in [-0.39, 0.29) is 37.7 Å². The lowest BCUT2D eigenvalue weighted by molar-refractivity contribution is -0.142. The van der Waals surface area contributed by atoms with E-state index in [2.05, 4.69) is 5.32 Å². The minimum Gasteiger partial charge on any atom is -0.350 e. The summed E-state index contributed by atoms with van der Waals surface area (Å²) in [4.78, 5) is 28.2. The van der Waals surface area contributed by atoms with Crippen molar-refractivity contribution in [2.45, 2.75) is 72.0 Å². The molecule has 2 aromatic rings. The molecule has 37 heavy (non-hydrogen) atoms. The van der Waals surface area contributed by atoms with Crippen LogP contribution >= 0.6 is 23.2 Å². The van der Waals surface area contributed by atoms with Crippen LogP contribution in [0.1, 0.15) is 58.1 Å². The highest BCUT2D eigenvalue weighted by atomic mass is 35.5. The quantitative estimate of drug-likeness (QED) is 0.383. The SMILES string of the molecule is CCC(C(=O)NC(C)(C)C)N(Cc1ccc(Cl)cc1Cl)C(=O)CCCN(c1ccccc1C)S(C)(=O)=O. The number of nitrogens with one attached hydrogen (secondary N) is 1. The first kappa shape index (κ1) is 30.9. The van der Waals surface area contributed by atoms with Gasteiger partial charge >= 0.3 is 0 Å². The van der Waals surface area contributed by atoms with Crippen molar-refractivity contribution in [1.82, 2.24) is 10.2 Å². The lowest BCUT2D eigenvalue weighted by atomic mass is 10.0. The summed E-state index contributed by atoms with van der Waals surface area (Å²) in [5.74, 6) is -0.522. The number of nitrogens with zero attached hydrogens (tertiary/aromatic N) is 2. The summed E-state index contributed by atoms with van der Waals surface area (Å²) < 4.78 is 26.4. The Kier molecular flexibility index (Phi) is 10.9. The number of hydrogen-bond donors (Lipinski definition) is 1.